The van der Waals surface area contributed by atoms with Crippen molar-refractivity contribution in [2.45, 2.75) is 31.5 Å². The molecule has 1 amide bonds. The van der Waals surface area contributed by atoms with E-state index in [1.807, 2.05) is 0 Å². The highest BCUT2D eigenvalue weighted by atomic mass is 35.5. The van der Waals surface area contributed by atoms with Gasteiger partial charge in [-0.1, -0.05) is 17.7 Å². The van der Waals surface area contributed by atoms with Crippen molar-refractivity contribution >= 4 is 28.8 Å². The van der Waals surface area contributed by atoms with Crippen molar-refractivity contribution in [2.75, 3.05) is 5.32 Å². The Morgan fingerprint density at radius 3 is 2.73 bits per heavy atom. The fraction of sp³-hybridized carbons (Fsp3) is 0.238. The SMILES string of the molecule is O=C(Nc1cnn(Cc2c(F)cccc2Cl)c1)c1cc2nc(C3CC3)cc(C(F)(F)F)n2n1. The first kappa shape index (κ1) is 21.4. The van der Waals surface area contributed by atoms with Crippen molar-refractivity contribution < 1.29 is 22.4 Å². The summed E-state index contributed by atoms with van der Waals surface area (Å²) >= 11 is 6.02. The first-order chi connectivity index (χ1) is 15.7. The van der Waals surface area contributed by atoms with E-state index in [2.05, 4.69) is 20.5 Å². The number of anilines is 1. The summed E-state index contributed by atoms with van der Waals surface area (Å²) in [4.78, 5) is 16.9. The number of rotatable bonds is 5. The molecule has 0 atom stereocenters. The average molecular weight is 479 g/mol. The number of hydrogen-bond acceptors (Lipinski definition) is 4. The molecule has 33 heavy (non-hydrogen) atoms. The number of benzene rings is 1. The number of nitrogens with zero attached hydrogens (tertiary/aromatic N) is 5. The van der Waals surface area contributed by atoms with Gasteiger partial charge in [-0.15, -0.1) is 0 Å². The molecular weight excluding hydrogens is 464 g/mol. The predicted molar refractivity (Wildman–Crippen MR) is 111 cm³/mol. The minimum Gasteiger partial charge on any atom is -0.318 e. The summed E-state index contributed by atoms with van der Waals surface area (Å²) in [6.07, 6.45) is -0.318. The molecule has 12 heteroatoms. The van der Waals surface area contributed by atoms with Crippen molar-refractivity contribution in [3.8, 4) is 0 Å². The zero-order valence-corrected chi connectivity index (χ0v) is 17.5. The minimum atomic E-state index is -4.65. The van der Waals surface area contributed by atoms with Crippen LogP contribution in [-0.2, 0) is 12.7 Å². The highest BCUT2D eigenvalue weighted by Crippen LogP contribution is 2.41. The van der Waals surface area contributed by atoms with Crippen LogP contribution in [0.15, 0.2) is 42.7 Å². The molecule has 1 fully saturated rings. The molecule has 0 unspecified atom stereocenters. The van der Waals surface area contributed by atoms with Gasteiger partial charge in [0.1, 0.15) is 11.5 Å². The van der Waals surface area contributed by atoms with Crippen molar-refractivity contribution in [2.24, 2.45) is 0 Å². The lowest BCUT2D eigenvalue weighted by atomic mass is 10.2. The summed E-state index contributed by atoms with van der Waals surface area (Å²) in [5, 5.41) is 10.6. The van der Waals surface area contributed by atoms with E-state index in [0.717, 1.165) is 18.9 Å². The summed E-state index contributed by atoms with van der Waals surface area (Å²) in [7, 11) is 0. The van der Waals surface area contributed by atoms with Crippen LogP contribution in [0.2, 0.25) is 5.02 Å². The molecule has 3 heterocycles. The van der Waals surface area contributed by atoms with Gasteiger partial charge in [0.25, 0.3) is 5.91 Å². The molecule has 0 saturated heterocycles. The van der Waals surface area contributed by atoms with Crippen LogP contribution in [0.5, 0.6) is 0 Å². The minimum absolute atomic E-state index is 0.00271. The maximum Gasteiger partial charge on any atom is 0.433 e. The second-order valence-electron chi connectivity index (χ2n) is 7.72. The number of halogens is 5. The lowest BCUT2D eigenvalue weighted by Crippen LogP contribution is -2.16. The van der Waals surface area contributed by atoms with Gasteiger partial charge in [0.05, 0.1) is 18.4 Å². The van der Waals surface area contributed by atoms with Crippen LogP contribution in [0, 0.1) is 5.82 Å². The van der Waals surface area contributed by atoms with E-state index in [9.17, 15) is 22.4 Å². The molecule has 7 nitrogen and oxygen atoms in total. The van der Waals surface area contributed by atoms with Crippen molar-refractivity contribution in [1.29, 1.82) is 0 Å². The van der Waals surface area contributed by atoms with Gasteiger partial charge in [0, 0.05) is 34.5 Å². The van der Waals surface area contributed by atoms with Crippen LogP contribution < -0.4 is 5.32 Å². The van der Waals surface area contributed by atoms with E-state index in [-0.39, 0.29) is 40.1 Å². The Morgan fingerprint density at radius 2 is 2.03 bits per heavy atom. The Labute approximate surface area is 189 Å². The van der Waals surface area contributed by atoms with Crippen molar-refractivity contribution in [3.05, 3.63) is 76.2 Å². The lowest BCUT2D eigenvalue weighted by Gasteiger charge is -2.10. The van der Waals surface area contributed by atoms with E-state index >= 15 is 0 Å². The van der Waals surface area contributed by atoms with Gasteiger partial charge in [0.2, 0.25) is 0 Å². The number of amides is 1. The molecule has 0 radical (unpaired) electrons. The maximum absolute atomic E-state index is 14.0. The summed E-state index contributed by atoms with van der Waals surface area (Å²) in [5.74, 6) is -1.23. The first-order valence-electron chi connectivity index (χ1n) is 9.93. The number of carbonyl (C=O) groups is 1. The van der Waals surface area contributed by atoms with E-state index in [1.165, 1.54) is 35.3 Å². The Bertz CT molecular complexity index is 1350. The second-order valence-corrected chi connectivity index (χ2v) is 8.13. The summed E-state index contributed by atoms with van der Waals surface area (Å²) in [5.41, 5.74) is -0.435. The molecule has 1 N–H and O–H groups in total. The van der Waals surface area contributed by atoms with Crippen LogP contribution in [0.4, 0.5) is 23.2 Å². The monoisotopic (exact) mass is 478 g/mol. The topological polar surface area (TPSA) is 77.1 Å². The molecule has 170 valence electrons. The molecule has 4 aromatic rings. The van der Waals surface area contributed by atoms with E-state index in [0.29, 0.717) is 10.2 Å². The van der Waals surface area contributed by atoms with Crippen molar-refractivity contribution in [3.63, 3.8) is 0 Å². The number of alkyl halides is 3. The number of carbonyl (C=O) groups excluding carboxylic acids is 1. The number of fused-ring (bicyclic) bond motifs is 1. The second kappa shape index (κ2) is 7.84. The largest absolute Gasteiger partial charge is 0.433 e. The number of aromatic nitrogens is 5. The Hall–Kier alpha value is -3.47. The van der Waals surface area contributed by atoms with Gasteiger partial charge in [-0.2, -0.15) is 23.4 Å². The van der Waals surface area contributed by atoms with Crippen LogP contribution in [0.25, 0.3) is 5.65 Å². The molecule has 0 bridgehead atoms. The number of nitrogens with one attached hydrogen (secondary N) is 1. The van der Waals surface area contributed by atoms with Gasteiger partial charge < -0.3 is 5.32 Å². The average Bonchev–Trinajstić information content (AvgIpc) is 3.36. The third-order valence-electron chi connectivity index (χ3n) is 5.24. The van der Waals surface area contributed by atoms with Crippen molar-refractivity contribution in [1.82, 2.24) is 24.4 Å². The molecule has 3 aromatic heterocycles. The lowest BCUT2D eigenvalue weighted by molar-refractivity contribution is -0.142. The van der Waals surface area contributed by atoms with Crippen LogP contribution in [0.3, 0.4) is 0 Å². The highest BCUT2D eigenvalue weighted by molar-refractivity contribution is 6.31. The van der Waals surface area contributed by atoms with Crippen LogP contribution in [-0.4, -0.2) is 30.3 Å². The third-order valence-corrected chi connectivity index (χ3v) is 5.59. The Morgan fingerprint density at radius 1 is 1.24 bits per heavy atom. The standard InChI is InChI=1S/C21H15ClF4N6O/c22-14-2-1-3-15(23)13(14)10-31-9-12(8-27-31)28-20(33)17-7-19-29-16(11-4-5-11)6-18(21(24,25)26)32(19)30-17/h1-3,6-9,11H,4-5,10H2,(H,28,33). The van der Waals surface area contributed by atoms with Gasteiger partial charge in [0.15, 0.2) is 11.3 Å². The quantitative estimate of drug-likeness (QED) is 0.413. The Balaban J connectivity index is 1.39. The maximum atomic E-state index is 14.0. The summed E-state index contributed by atoms with van der Waals surface area (Å²) in [6, 6.07) is 6.50. The first-order valence-corrected chi connectivity index (χ1v) is 10.3. The fourth-order valence-electron chi connectivity index (χ4n) is 3.45. The fourth-order valence-corrected chi connectivity index (χ4v) is 3.67. The Kier molecular flexibility index (Phi) is 5.08. The molecule has 0 spiro atoms. The summed E-state index contributed by atoms with van der Waals surface area (Å²) < 4.78 is 56.6. The molecule has 1 aromatic carbocycles. The third kappa shape index (κ3) is 4.28. The smallest absolute Gasteiger partial charge is 0.318 e. The van der Waals surface area contributed by atoms with E-state index in [4.69, 9.17) is 11.6 Å². The zero-order chi connectivity index (χ0) is 23.3. The normalized spacial score (nSPS) is 14.1. The van der Waals surface area contributed by atoms with Gasteiger partial charge in [-0.25, -0.2) is 13.9 Å². The van der Waals surface area contributed by atoms with E-state index in [1.54, 1.807) is 6.07 Å². The van der Waals surface area contributed by atoms with Crippen LogP contribution in [0.1, 0.15) is 46.2 Å². The van der Waals surface area contributed by atoms with Gasteiger partial charge in [-0.05, 0) is 31.0 Å². The molecular formula is C21H15ClF4N6O. The molecule has 5 rings (SSSR count). The highest BCUT2D eigenvalue weighted by Gasteiger charge is 2.37. The zero-order valence-electron chi connectivity index (χ0n) is 16.8. The van der Waals surface area contributed by atoms with E-state index < -0.39 is 23.6 Å². The molecule has 0 aliphatic heterocycles. The van der Waals surface area contributed by atoms with Gasteiger partial charge >= 0.3 is 6.18 Å². The molecule has 1 aliphatic carbocycles. The van der Waals surface area contributed by atoms with Gasteiger partial charge in [-0.3, -0.25) is 9.48 Å². The summed E-state index contributed by atoms with van der Waals surface area (Å²) in [6.45, 7) is 0.0263. The predicted octanol–water partition coefficient (Wildman–Crippen LogP) is 4.92. The molecule has 1 aliphatic rings. The number of hydrogen-bond donors (Lipinski definition) is 1. The van der Waals surface area contributed by atoms with Crippen LogP contribution >= 0.6 is 11.6 Å². The molecule has 1 saturated carbocycles.